The Morgan fingerprint density at radius 1 is 1.13 bits per heavy atom. The molecule has 0 radical (unpaired) electrons. The van der Waals surface area contributed by atoms with Crippen molar-refractivity contribution in [3.05, 3.63) is 76.3 Å². The van der Waals surface area contributed by atoms with Gasteiger partial charge in [0.2, 0.25) is 5.91 Å². The number of para-hydroxylation sites is 1. The van der Waals surface area contributed by atoms with E-state index in [4.69, 9.17) is 27.9 Å². The number of nitrogens with zero attached hydrogens (tertiary/aromatic N) is 3. The third-order valence-electron chi connectivity index (χ3n) is 4.62. The fourth-order valence-electron chi connectivity index (χ4n) is 2.86. The van der Waals surface area contributed by atoms with Gasteiger partial charge in [-0.25, -0.2) is 4.98 Å². The summed E-state index contributed by atoms with van der Waals surface area (Å²) >= 11 is 12.2. The molecule has 0 saturated heterocycles. The number of amides is 2. The second kappa shape index (κ2) is 10.3. The normalized spacial score (nSPS) is 10.6. The summed E-state index contributed by atoms with van der Waals surface area (Å²) in [6.45, 7) is 2.36. The summed E-state index contributed by atoms with van der Waals surface area (Å²) < 4.78 is 7.58. The number of nitrogens with one attached hydrogen (secondary N) is 1. The van der Waals surface area contributed by atoms with Crippen LogP contribution in [0.2, 0.25) is 10.0 Å². The molecule has 3 aromatic rings. The van der Waals surface area contributed by atoms with Crippen LogP contribution in [0.5, 0.6) is 5.75 Å². The van der Waals surface area contributed by atoms with Gasteiger partial charge in [-0.15, -0.1) is 0 Å². The molecule has 2 amide bonds. The summed E-state index contributed by atoms with van der Waals surface area (Å²) in [5, 5.41) is 3.33. The van der Waals surface area contributed by atoms with Crippen molar-refractivity contribution in [2.75, 3.05) is 18.4 Å². The van der Waals surface area contributed by atoms with E-state index in [2.05, 4.69) is 10.3 Å². The molecular weight excluding hydrogens is 439 g/mol. The van der Waals surface area contributed by atoms with E-state index < -0.39 is 0 Å². The molecule has 0 bridgehead atoms. The molecule has 9 heteroatoms. The number of carbonyl (C=O) groups excluding carboxylic acids is 2. The van der Waals surface area contributed by atoms with E-state index in [0.717, 1.165) is 5.82 Å². The van der Waals surface area contributed by atoms with E-state index in [1.54, 1.807) is 55.6 Å². The number of imidazole rings is 1. The van der Waals surface area contributed by atoms with E-state index in [1.807, 2.05) is 17.8 Å². The maximum absolute atomic E-state index is 12.8. The van der Waals surface area contributed by atoms with Crippen LogP contribution in [0.3, 0.4) is 0 Å². The Kier molecular flexibility index (Phi) is 7.55. The highest BCUT2D eigenvalue weighted by Crippen LogP contribution is 2.29. The lowest BCUT2D eigenvalue weighted by Crippen LogP contribution is -2.37. The van der Waals surface area contributed by atoms with Crippen molar-refractivity contribution in [1.82, 2.24) is 14.5 Å². The molecule has 31 heavy (non-hydrogen) atoms. The minimum Gasteiger partial charge on any atom is -0.486 e. The van der Waals surface area contributed by atoms with E-state index >= 15 is 0 Å². The first kappa shape index (κ1) is 22.7. The lowest BCUT2D eigenvalue weighted by atomic mass is 10.2. The van der Waals surface area contributed by atoms with Crippen LogP contribution in [-0.4, -0.2) is 39.4 Å². The zero-order chi connectivity index (χ0) is 22.4. The highest BCUT2D eigenvalue weighted by molar-refractivity contribution is 6.39. The van der Waals surface area contributed by atoms with Gasteiger partial charge in [-0.1, -0.05) is 29.3 Å². The molecule has 7 nitrogen and oxygen atoms in total. The third kappa shape index (κ3) is 5.77. The molecule has 1 heterocycles. The molecule has 1 N–H and O–H groups in total. The summed E-state index contributed by atoms with van der Waals surface area (Å²) in [6, 6.07) is 11.7. The Hall–Kier alpha value is -3.03. The molecule has 0 spiro atoms. The van der Waals surface area contributed by atoms with E-state index in [1.165, 1.54) is 4.90 Å². The molecule has 1 aromatic heterocycles. The fraction of sp³-hybridized carbons (Fsp3) is 0.227. The molecule has 0 atom stereocenters. The first-order chi connectivity index (χ1) is 14.9. The number of anilines is 1. The average molecular weight is 461 g/mol. The molecule has 0 fully saturated rings. The molecule has 2 aromatic carbocycles. The highest BCUT2D eigenvalue weighted by Gasteiger charge is 2.19. The van der Waals surface area contributed by atoms with Gasteiger partial charge in [0.1, 0.15) is 24.7 Å². The minimum absolute atomic E-state index is 0.131. The topological polar surface area (TPSA) is 76.5 Å². The van der Waals surface area contributed by atoms with Gasteiger partial charge in [0.15, 0.2) is 0 Å². The predicted molar refractivity (Wildman–Crippen MR) is 121 cm³/mol. The number of likely N-dealkylation sites (N-methyl/N-ethyl adjacent to an activating group) is 1. The van der Waals surface area contributed by atoms with Crippen molar-refractivity contribution in [2.45, 2.75) is 13.5 Å². The number of halogens is 2. The summed E-state index contributed by atoms with van der Waals surface area (Å²) in [5.41, 5.74) is 0.781. The van der Waals surface area contributed by atoms with Crippen LogP contribution >= 0.6 is 23.2 Å². The summed E-state index contributed by atoms with van der Waals surface area (Å²) in [6.07, 6.45) is 3.55. The molecule has 0 aliphatic carbocycles. The number of benzene rings is 2. The summed E-state index contributed by atoms with van der Waals surface area (Å²) in [4.78, 5) is 30.9. The average Bonchev–Trinajstić information content (AvgIpc) is 3.18. The minimum atomic E-state index is -0.389. The van der Waals surface area contributed by atoms with Crippen LogP contribution in [0.15, 0.2) is 54.9 Å². The Labute approximate surface area is 190 Å². The third-order valence-corrected chi connectivity index (χ3v) is 5.25. The molecule has 0 aliphatic rings. The van der Waals surface area contributed by atoms with Crippen LogP contribution in [0, 0.1) is 0 Å². The number of rotatable bonds is 8. The number of aryl methyl sites for hydroxylation is 1. The molecule has 0 unspecified atom stereocenters. The zero-order valence-corrected chi connectivity index (χ0v) is 18.7. The highest BCUT2D eigenvalue weighted by atomic mass is 35.5. The number of ether oxygens (including phenoxy) is 1. The van der Waals surface area contributed by atoms with Crippen molar-refractivity contribution >= 4 is 40.7 Å². The summed E-state index contributed by atoms with van der Waals surface area (Å²) in [5.74, 6) is 0.759. The van der Waals surface area contributed by atoms with Crippen molar-refractivity contribution in [1.29, 1.82) is 0 Å². The molecule has 162 valence electrons. The number of hydrogen-bond acceptors (Lipinski definition) is 4. The molecule has 0 saturated carbocycles. The van der Waals surface area contributed by atoms with Gasteiger partial charge in [0.05, 0.1) is 15.7 Å². The maximum Gasteiger partial charge on any atom is 0.254 e. The smallest absolute Gasteiger partial charge is 0.254 e. The van der Waals surface area contributed by atoms with Gasteiger partial charge in [-0.05, 0) is 43.3 Å². The van der Waals surface area contributed by atoms with Crippen LogP contribution in [0.1, 0.15) is 23.1 Å². The SMILES string of the molecule is CCN(CC(=O)Nc1c(Cl)cccc1Cl)C(=O)c1ccc(OCc2nccn2C)cc1. The molecule has 3 rings (SSSR count). The van der Waals surface area contributed by atoms with Crippen LogP contribution in [0.25, 0.3) is 0 Å². The Bertz CT molecular complexity index is 1050. The Morgan fingerprint density at radius 3 is 2.39 bits per heavy atom. The van der Waals surface area contributed by atoms with Crippen LogP contribution in [0.4, 0.5) is 5.69 Å². The number of hydrogen-bond donors (Lipinski definition) is 1. The van der Waals surface area contributed by atoms with Crippen LogP contribution in [-0.2, 0) is 18.4 Å². The van der Waals surface area contributed by atoms with Gasteiger partial charge < -0.3 is 19.5 Å². The van der Waals surface area contributed by atoms with Gasteiger partial charge in [0, 0.05) is 31.5 Å². The fourth-order valence-corrected chi connectivity index (χ4v) is 3.35. The van der Waals surface area contributed by atoms with Gasteiger partial charge in [-0.3, -0.25) is 9.59 Å². The van der Waals surface area contributed by atoms with Crippen molar-refractivity contribution in [2.24, 2.45) is 7.05 Å². The van der Waals surface area contributed by atoms with E-state index in [-0.39, 0.29) is 18.4 Å². The number of aromatic nitrogens is 2. The Balaban J connectivity index is 1.60. The van der Waals surface area contributed by atoms with Crippen molar-refractivity contribution < 1.29 is 14.3 Å². The molecule has 0 aliphatic heterocycles. The first-order valence-electron chi connectivity index (χ1n) is 9.61. The van der Waals surface area contributed by atoms with Gasteiger partial charge in [-0.2, -0.15) is 0 Å². The quantitative estimate of drug-likeness (QED) is 0.540. The lowest BCUT2D eigenvalue weighted by Gasteiger charge is -2.21. The predicted octanol–water partition coefficient (Wildman–Crippen LogP) is 4.41. The van der Waals surface area contributed by atoms with E-state index in [9.17, 15) is 9.59 Å². The van der Waals surface area contributed by atoms with Gasteiger partial charge >= 0.3 is 0 Å². The zero-order valence-electron chi connectivity index (χ0n) is 17.1. The van der Waals surface area contributed by atoms with Crippen molar-refractivity contribution in [3.63, 3.8) is 0 Å². The largest absolute Gasteiger partial charge is 0.486 e. The monoisotopic (exact) mass is 460 g/mol. The van der Waals surface area contributed by atoms with Gasteiger partial charge in [0.25, 0.3) is 5.91 Å². The molecular formula is C22H22Cl2N4O3. The standard InChI is InChI=1S/C22H22Cl2N4O3/c1-3-28(13-20(29)26-21-17(23)5-4-6-18(21)24)22(30)15-7-9-16(10-8-15)31-14-19-25-11-12-27(19)2/h4-12H,3,13-14H2,1-2H3,(H,26,29). The Morgan fingerprint density at radius 2 is 1.81 bits per heavy atom. The number of carbonyl (C=O) groups is 2. The second-order valence-electron chi connectivity index (χ2n) is 6.73. The second-order valence-corrected chi connectivity index (χ2v) is 7.55. The lowest BCUT2D eigenvalue weighted by molar-refractivity contribution is -0.116. The van der Waals surface area contributed by atoms with E-state index in [0.29, 0.717) is 40.2 Å². The van der Waals surface area contributed by atoms with Crippen molar-refractivity contribution in [3.8, 4) is 5.75 Å². The maximum atomic E-state index is 12.8. The first-order valence-corrected chi connectivity index (χ1v) is 10.4. The summed E-state index contributed by atoms with van der Waals surface area (Å²) in [7, 11) is 1.89. The van der Waals surface area contributed by atoms with Crippen LogP contribution < -0.4 is 10.1 Å².